The van der Waals surface area contributed by atoms with Gasteiger partial charge >= 0.3 is 5.97 Å². The fourth-order valence-corrected chi connectivity index (χ4v) is 4.01. The third kappa shape index (κ3) is 5.08. The molecule has 0 saturated heterocycles. The molecule has 1 aromatic heterocycles. The normalized spacial score (nSPS) is 16.1. The maximum atomic E-state index is 12.0. The average Bonchev–Trinajstić information content (AvgIpc) is 2.78. The van der Waals surface area contributed by atoms with Crippen LogP contribution in [-0.2, 0) is 9.53 Å². The van der Waals surface area contributed by atoms with Crippen LogP contribution in [0.15, 0.2) is 10.7 Å². The number of nitrogens with zero attached hydrogens (tertiary/aromatic N) is 2. The van der Waals surface area contributed by atoms with Crippen LogP contribution in [0.3, 0.4) is 0 Å². The first kappa shape index (κ1) is 16.4. The minimum absolute atomic E-state index is 0.211. The molecule has 19 heavy (non-hydrogen) atoms. The lowest BCUT2D eigenvalue weighted by molar-refractivity contribution is -0.148. The second kappa shape index (κ2) is 7.21. The molecular formula is C12H21N3O2S2. The molecule has 0 bridgehead atoms. The summed E-state index contributed by atoms with van der Waals surface area (Å²) in [6.45, 7) is 8.00. The number of hydrogen-bond acceptors (Lipinski definition) is 7. The van der Waals surface area contributed by atoms with Crippen molar-refractivity contribution in [3.63, 3.8) is 0 Å². The van der Waals surface area contributed by atoms with Gasteiger partial charge in [-0.3, -0.25) is 10.1 Å². The van der Waals surface area contributed by atoms with E-state index < -0.39 is 5.54 Å². The SMILES string of the molecule is COC(=O)C(C)(CC(C)Sc1ncns1)NC(C)C. The van der Waals surface area contributed by atoms with Crippen LogP contribution in [0.1, 0.15) is 34.1 Å². The van der Waals surface area contributed by atoms with E-state index in [0.29, 0.717) is 6.42 Å². The van der Waals surface area contributed by atoms with Crippen molar-refractivity contribution in [2.45, 2.75) is 55.3 Å². The van der Waals surface area contributed by atoms with Crippen LogP contribution < -0.4 is 5.32 Å². The van der Waals surface area contributed by atoms with Crippen LogP contribution in [0.2, 0.25) is 0 Å². The molecule has 0 fully saturated rings. The number of hydrogen-bond donors (Lipinski definition) is 1. The highest BCUT2D eigenvalue weighted by atomic mass is 32.2. The van der Waals surface area contributed by atoms with E-state index in [9.17, 15) is 4.79 Å². The summed E-state index contributed by atoms with van der Waals surface area (Å²) >= 11 is 3.00. The Balaban J connectivity index is 2.68. The van der Waals surface area contributed by atoms with E-state index >= 15 is 0 Å². The van der Waals surface area contributed by atoms with Gasteiger partial charge < -0.3 is 4.74 Å². The zero-order chi connectivity index (χ0) is 14.5. The van der Waals surface area contributed by atoms with E-state index in [2.05, 4.69) is 21.6 Å². The number of methoxy groups -OCH3 is 1. The highest BCUT2D eigenvalue weighted by molar-refractivity contribution is 8.01. The summed E-state index contributed by atoms with van der Waals surface area (Å²) in [6.07, 6.45) is 2.22. The summed E-state index contributed by atoms with van der Waals surface area (Å²) in [5.74, 6) is -0.231. The summed E-state index contributed by atoms with van der Waals surface area (Å²) in [6, 6.07) is 0.211. The minimum Gasteiger partial charge on any atom is -0.468 e. The van der Waals surface area contributed by atoms with E-state index in [4.69, 9.17) is 4.74 Å². The molecule has 5 nitrogen and oxygen atoms in total. The Hall–Kier alpha value is -0.660. The van der Waals surface area contributed by atoms with Gasteiger partial charge in [0.15, 0.2) is 4.34 Å². The molecule has 108 valence electrons. The Morgan fingerprint density at radius 2 is 2.26 bits per heavy atom. The Bertz CT molecular complexity index is 398. The molecule has 7 heteroatoms. The zero-order valence-corrected chi connectivity index (χ0v) is 13.6. The van der Waals surface area contributed by atoms with Crippen LogP contribution in [0, 0.1) is 0 Å². The molecule has 2 atom stereocenters. The predicted molar refractivity (Wildman–Crippen MR) is 78.5 cm³/mol. The maximum Gasteiger partial charge on any atom is 0.325 e. The van der Waals surface area contributed by atoms with E-state index in [1.807, 2.05) is 20.8 Å². The molecule has 2 unspecified atom stereocenters. The number of carbonyl (C=O) groups is 1. The van der Waals surface area contributed by atoms with Crippen molar-refractivity contribution in [2.24, 2.45) is 0 Å². The van der Waals surface area contributed by atoms with Crippen LogP contribution in [0.25, 0.3) is 0 Å². The standard InChI is InChI=1S/C12H21N3O2S2/c1-8(2)15-12(4,10(16)17-5)6-9(3)18-11-13-7-14-19-11/h7-9,15H,6H2,1-5H3. The Kier molecular flexibility index (Phi) is 6.22. The molecule has 0 aliphatic heterocycles. The Labute approximate surface area is 122 Å². The fraction of sp³-hybridized carbons (Fsp3) is 0.750. The topological polar surface area (TPSA) is 64.1 Å². The summed E-state index contributed by atoms with van der Waals surface area (Å²) in [7, 11) is 1.42. The first-order valence-corrected chi connectivity index (χ1v) is 7.82. The minimum atomic E-state index is -0.681. The first-order valence-electron chi connectivity index (χ1n) is 6.17. The fourth-order valence-electron chi connectivity index (χ4n) is 2.07. The number of esters is 1. The zero-order valence-electron chi connectivity index (χ0n) is 12.0. The summed E-state index contributed by atoms with van der Waals surface area (Å²) in [4.78, 5) is 16.1. The molecule has 1 N–H and O–H groups in total. The molecule has 0 saturated carbocycles. The number of aromatic nitrogens is 2. The van der Waals surface area contributed by atoms with Gasteiger partial charge in [-0.2, -0.15) is 4.37 Å². The second-order valence-electron chi connectivity index (χ2n) is 4.96. The lowest BCUT2D eigenvalue weighted by Gasteiger charge is -2.32. The van der Waals surface area contributed by atoms with Crippen molar-refractivity contribution in [2.75, 3.05) is 7.11 Å². The van der Waals surface area contributed by atoms with Gasteiger partial charge in [-0.05, 0) is 38.7 Å². The lowest BCUT2D eigenvalue weighted by Crippen LogP contribution is -2.54. The van der Waals surface area contributed by atoms with E-state index in [1.54, 1.807) is 18.1 Å². The quantitative estimate of drug-likeness (QED) is 0.616. The van der Waals surface area contributed by atoms with E-state index in [-0.39, 0.29) is 17.3 Å². The smallest absolute Gasteiger partial charge is 0.325 e. The van der Waals surface area contributed by atoms with Crippen LogP contribution >= 0.6 is 23.3 Å². The van der Waals surface area contributed by atoms with E-state index in [0.717, 1.165) is 4.34 Å². The Morgan fingerprint density at radius 1 is 1.58 bits per heavy atom. The maximum absolute atomic E-state index is 12.0. The molecule has 0 aliphatic rings. The van der Waals surface area contributed by atoms with Crippen LogP contribution in [-0.4, -0.2) is 39.3 Å². The highest BCUT2D eigenvalue weighted by Gasteiger charge is 2.36. The Morgan fingerprint density at radius 3 is 2.74 bits per heavy atom. The number of carbonyl (C=O) groups excluding carboxylic acids is 1. The number of thioether (sulfide) groups is 1. The van der Waals surface area contributed by atoms with Crippen molar-refractivity contribution in [1.29, 1.82) is 0 Å². The molecule has 0 spiro atoms. The number of ether oxygens (including phenoxy) is 1. The second-order valence-corrected chi connectivity index (χ2v) is 7.43. The largest absolute Gasteiger partial charge is 0.468 e. The van der Waals surface area contributed by atoms with Gasteiger partial charge in [0, 0.05) is 11.3 Å². The summed E-state index contributed by atoms with van der Waals surface area (Å²) in [5.41, 5.74) is -0.681. The molecule has 1 rings (SSSR count). The van der Waals surface area contributed by atoms with E-state index in [1.165, 1.54) is 18.6 Å². The van der Waals surface area contributed by atoms with Crippen molar-refractivity contribution in [3.8, 4) is 0 Å². The summed E-state index contributed by atoms with van der Waals surface area (Å²) in [5, 5.41) is 3.54. The van der Waals surface area contributed by atoms with Crippen molar-refractivity contribution in [3.05, 3.63) is 6.33 Å². The predicted octanol–water partition coefficient (Wildman–Crippen LogP) is 2.34. The highest BCUT2D eigenvalue weighted by Crippen LogP contribution is 2.29. The third-order valence-corrected chi connectivity index (χ3v) is 4.43. The van der Waals surface area contributed by atoms with Gasteiger partial charge in [-0.15, -0.1) is 0 Å². The average molecular weight is 303 g/mol. The van der Waals surface area contributed by atoms with Crippen molar-refractivity contribution < 1.29 is 9.53 Å². The van der Waals surface area contributed by atoms with Gasteiger partial charge in [0.2, 0.25) is 0 Å². The van der Waals surface area contributed by atoms with Gasteiger partial charge in [-0.1, -0.05) is 18.7 Å². The molecule has 0 radical (unpaired) electrons. The molecule has 0 aromatic carbocycles. The number of rotatable bonds is 7. The third-order valence-electron chi connectivity index (χ3n) is 2.58. The van der Waals surface area contributed by atoms with Gasteiger partial charge in [0.25, 0.3) is 0 Å². The molecule has 0 amide bonds. The van der Waals surface area contributed by atoms with Crippen LogP contribution in [0.4, 0.5) is 0 Å². The lowest BCUT2D eigenvalue weighted by atomic mass is 9.95. The van der Waals surface area contributed by atoms with Crippen LogP contribution in [0.5, 0.6) is 0 Å². The van der Waals surface area contributed by atoms with Gasteiger partial charge in [-0.25, -0.2) is 4.98 Å². The molecule has 1 aromatic rings. The first-order chi connectivity index (χ1) is 8.87. The monoisotopic (exact) mass is 303 g/mol. The summed E-state index contributed by atoms with van der Waals surface area (Å²) < 4.78 is 9.81. The van der Waals surface area contributed by atoms with Crippen molar-refractivity contribution >= 4 is 29.3 Å². The van der Waals surface area contributed by atoms with Crippen molar-refractivity contribution in [1.82, 2.24) is 14.7 Å². The van der Waals surface area contributed by atoms with Gasteiger partial charge in [0.05, 0.1) is 7.11 Å². The number of nitrogens with one attached hydrogen (secondary N) is 1. The van der Waals surface area contributed by atoms with Gasteiger partial charge in [0.1, 0.15) is 11.9 Å². The molecule has 1 heterocycles. The molecule has 0 aliphatic carbocycles. The molecular weight excluding hydrogens is 282 g/mol.